The van der Waals surface area contributed by atoms with E-state index in [1.807, 2.05) is 4.72 Å². The standard InChI is InChI=1S/C7H17N3O4S/c1-7(2,3)14-6(11)9-4-5-10-15(8,12)13/h10H,4-5H2,1-3H3,(H,9,11)(H2,8,12,13). The maximum atomic E-state index is 11.0. The Balaban J connectivity index is 3.66. The second-order valence-electron chi connectivity index (χ2n) is 3.87. The first-order chi connectivity index (χ1) is 6.60. The van der Waals surface area contributed by atoms with Gasteiger partial charge in [-0.3, -0.25) is 0 Å². The average Bonchev–Trinajstić information content (AvgIpc) is 1.92. The van der Waals surface area contributed by atoms with Gasteiger partial charge < -0.3 is 10.1 Å². The van der Waals surface area contributed by atoms with Crippen molar-refractivity contribution in [3.8, 4) is 0 Å². The zero-order chi connectivity index (χ0) is 12.1. The molecule has 0 atom stereocenters. The van der Waals surface area contributed by atoms with Gasteiger partial charge in [-0.1, -0.05) is 0 Å². The van der Waals surface area contributed by atoms with Gasteiger partial charge in [-0.15, -0.1) is 0 Å². The summed E-state index contributed by atoms with van der Waals surface area (Å²) in [6.07, 6.45) is -0.598. The molecule has 0 rings (SSSR count). The fourth-order valence-electron chi connectivity index (χ4n) is 0.672. The largest absolute Gasteiger partial charge is 0.444 e. The van der Waals surface area contributed by atoms with Gasteiger partial charge in [0.15, 0.2) is 0 Å². The van der Waals surface area contributed by atoms with Crippen LogP contribution in [0.15, 0.2) is 0 Å². The summed E-state index contributed by atoms with van der Waals surface area (Å²) >= 11 is 0. The number of rotatable bonds is 4. The lowest BCUT2D eigenvalue weighted by molar-refractivity contribution is 0.0529. The number of alkyl carbamates (subject to hydrolysis) is 1. The van der Waals surface area contributed by atoms with E-state index in [-0.39, 0.29) is 13.1 Å². The normalized spacial score (nSPS) is 12.3. The van der Waals surface area contributed by atoms with E-state index >= 15 is 0 Å². The third kappa shape index (κ3) is 11.1. The van der Waals surface area contributed by atoms with Crippen molar-refractivity contribution >= 4 is 16.3 Å². The van der Waals surface area contributed by atoms with Crippen molar-refractivity contribution in [2.75, 3.05) is 13.1 Å². The predicted octanol–water partition coefficient (Wildman–Crippen LogP) is -0.696. The first-order valence-corrected chi connectivity index (χ1v) is 5.89. The molecule has 8 heteroatoms. The van der Waals surface area contributed by atoms with Gasteiger partial charge in [0, 0.05) is 13.1 Å². The molecule has 0 aromatic carbocycles. The topological polar surface area (TPSA) is 111 Å². The summed E-state index contributed by atoms with van der Waals surface area (Å²) in [5.74, 6) is 0. The van der Waals surface area contributed by atoms with E-state index < -0.39 is 21.9 Å². The van der Waals surface area contributed by atoms with E-state index in [0.717, 1.165) is 0 Å². The monoisotopic (exact) mass is 239 g/mol. The molecule has 0 aliphatic heterocycles. The van der Waals surface area contributed by atoms with E-state index in [9.17, 15) is 13.2 Å². The average molecular weight is 239 g/mol. The number of hydrogen-bond acceptors (Lipinski definition) is 4. The molecule has 4 N–H and O–H groups in total. The third-order valence-corrected chi connectivity index (χ3v) is 1.70. The molecule has 0 saturated heterocycles. The van der Waals surface area contributed by atoms with Gasteiger partial charge in [0.05, 0.1) is 0 Å². The summed E-state index contributed by atoms with van der Waals surface area (Å²) in [6.45, 7) is 5.34. The van der Waals surface area contributed by atoms with E-state index in [1.165, 1.54) is 0 Å². The molecule has 0 heterocycles. The molecule has 0 unspecified atom stereocenters. The molecule has 0 aromatic rings. The van der Waals surface area contributed by atoms with Crippen molar-refractivity contribution in [1.29, 1.82) is 0 Å². The summed E-state index contributed by atoms with van der Waals surface area (Å²) in [5, 5.41) is 7.04. The van der Waals surface area contributed by atoms with Crippen LogP contribution in [0.2, 0.25) is 0 Å². The van der Waals surface area contributed by atoms with Crippen LogP contribution in [0.4, 0.5) is 4.79 Å². The van der Waals surface area contributed by atoms with Crippen molar-refractivity contribution < 1.29 is 17.9 Å². The molecular weight excluding hydrogens is 222 g/mol. The summed E-state index contributed by atoms with van der Waals surface area (Å²) in [5.41, 5.74) is -0.572. The Morgan fingerprint density at radius 3 is 2.27 bits per heavy atom. The number of carbonyl (C=O) groups excluding carboxylic acids is 1. The number of ether oxygens (including phenoxy) is 1. The lowest BCUT2D eigenvalue weighted by Gasteiger charge is -2.19. The third-order valence-electron chi connectivity index (χ3n) is 1.10. The molecule has 0 radical (unpaired) electrons. The fraction of sp³-hybridized carbons (Fsp3) is 0.857. The number of hydrogen-bond donors (Lipinski definition) is 3. The van der Waals surface area contributed by atoms with Crippen molar-refractivity contribution in [2.24, 2.45) is 5.14 Å². The van der Waals surface area contributed by atoms with Crippen LogP contribution in [-0.4, -0.2) is 33.2 Å². The Labute approximate surface area is 89.5 Å². The smallest absolute Gasteiger partial charge is 0.407 e. The Hall–Kier alpha value is -0.860. The lowest BCUT2D eigenvalue weighted by atomic mass is 10.2. The molecule has 7 nitrogen and oxygen atoms in total. The molecule has 0 spiro atoms. The number of amides is 1. The van der Waals surface area contributed by atoms with E-state index in [1.54, 1.807) is 20.8 Å². The highest BCUT2D eigenvalue weighted by atomic mass is 32.2. The zero-order valence-corrected chi connectivity index (χ0v) is 9.85. The van der Waals surface area contributed by atoms with Crippen molar-refractivity contribution in [3.05, 3.63) is 0 Å². The minimum absolute atomic E-state index is 0.0259. The SMILES string of the molecule is CC(C)(C)OC(=O)NCCNS(N)(=O)=O. The van der Waals surface area contributed by atoms with Crippen LogP contribution in [0.25, 0.3) is 0 Å². The van der Waals surface area contributed by atoms with Gasteiger partial charge in [0.2, 0.25) is 0 Å². The quantitative estimate of drug-likeness (QED) is 0.563. The van der Waals surface area contributed by atoms with E-state index in [2.05, 4.69) is 10.5 Å². The van der Waals surface area contributed by atoms with Crippen LogP contribution in [0.3, 0.4) is 0 Å². The molecule has 0 fully saturated rings. The van der Waals surface area contributed by atoms with Gasteiger partial charge >= 0.3 is 6.09 Å². The van der Waals surface area contributed by atoms with Crippen LogP contribution in [0.1, 0.15) is 20.8 Å². The van der Waals surface area contributed by atoms with Crippen molar-refractivity contribution in [2.45, 2.75) is 26.4 Å². The highest BCUT2D eigenvalue weighted by Crippen LogP contribution is 2.05. The van der Waals surface area contributed by atoms with Gasteiger partial charge in [0.25, 0.3) is 10.2 Å². The second-order valence-corrected chi connectivity index (χ2v) is 5.25. The van der Waals surface area contributed by atoms with Crippen LogP contribution in [-0.2, 0) is 14.9 Å². The van der Waals surface area contributed by atoms with Crippen molar-refractivity contribution in [1.82, 2.24) is 10.0 Å². The van der Waals surface area contributed by atoms with Crippen LogP contribution >= 0.6 is 0 Å². The molecule has 0 aromatic heterocycles. The van der Waals surface area contributed by atoms with Gasteiger partial charge in [0.1, 0.15) is 5.60 Å². The minimum Gasteiger partial charge on any atom is -0.444 e. The molecule has 90 valence electrons. The van der Waals surface area contributed by atoms with Crippen molar-refractivity contribution in [3.63, 3.8) is 0 Å². The Morgan fingerprint density at radius 1 is 1.33 bits per heavy atom. The predicted molar refractivity (Wildman–Crippen MR) is 55.3 cm³/mol. The first kappa shape index (κ1) is 14.1. The number of carbonyl (C=O) groups is 1. The summed E-state index contributed by atoms with van der Waals surface area (Å²) in [4.78, 5) is 11.0. The number of nitrogens with one attached hydrogen (secondary N) is 2. The Morgan fingerprint density at radius 2 is 1.87 bits per heavy atom. The summed E-state index contributed by atoms with van der Waals surface area (Å²) in [7, 11) is -3.70. The molecule has 1 amide bonds. The van der Waals surface area contributed by atoms with E-state index in [0.29, 0.717) is 0 Å². The summed E-state index contributed by atoms with van der Waals surface area (Å²) in [6, 6.07) is 0. The van der Waals surface area contributed by atoms with E-state index in [4.69, 9.17) is 4.74 Å². The molecule has 0 bridgehead atoms. The Bertz CT molecular complexity index is 307. The molecule has 0 saturated carbocycles. The lowest BCUT2D eigenvalue weighted by Crippen LogP contribution is -2.39. The first-order valence-electron chi connectivity index (χ1n) is 4.34. The second kappa shape index (κ2) is 5.29. The maximum Gasteiger partial charge on any atom is 0.407 e. The van der Waals surface area contributed by atoms with Gasteiger partial charge in [-0.2, -0.15) is 8.42 Å². The highest BCUT2D eigenvalue weighted by Gasteiger charge is 2.15. The molecule has 15 heavy (non-hydrogen) atoms. The minimum atomic E-state index is -3.70. The molecule has 0 aliphatic rings. The number of nitrogens with two attached hydrogens (primary N) is 1. The van der Waals surface area contributed by atoms with Gasteiger partial charge in [-0.25, -0.2) is 14.7 Å². The van der Waals surface area contributed by atoms with Crippen LogP contribution < -0.4 is 15.2 Å². The zero-order valence-electron chi connectivity index (χ0n) is 9.03. The maximum absolute atomic E-state index is 11.0. The van der Waals surface area contributed by atoms with Crippen LogP contribution in [0.5, 0.6) is 0 Å². The molecule has 0 aliphatic carbocycles. The van der Waals surface area contributed by atoms with Crippen LogP contribution in [0, 0.1) is 0 Å². The molecular formula is C7H17N3O4S. The fourth-order valence-corrected chi connectivity index (χ4v) is 1.06. The Kier molecular flexibility index (Phi) is 4.98. The summed E-state index contributed by atoms with van der Waals surface area (Å²) < 4.78 is 27.8. The highest BCUT2D eigenvalue weighted by molar-refractivity contribution is 7.87. The van der Waals surface area contributed by atoms with Gasteiger partial charge in [-0.05, 0) is 20.8 Å².